The van der Waals surface area contributed by atoms with Gasteiger partial charge in [0, 0.05) is 5.02 Å². The Hall–Kier alpha value is -2.08. The molecule has 3 N–H and O–H groups in total. The van der Waals surface area contributed by atoms with Gasteiger partial charge in [-0.2, -0.15) is 4.98 Å². The van der Waals surface area contributed by atoms with Crippen LogP contribution in [0.15, 0.2) is 24.5 Å². The molecule has 0 bridgehead atoms. The minimum absolute atomic E-state index is 0.0103. The Morgan fingerprint density at radius 1 is 1.35 bits per heavy atom. The van der Waals surface area contributed by atoms with Crippen LogP contribution in [0.1, 0.15) is 12.5 Å². The molecule has 0 spiro atoms. The van der Waals surface area contributed by atoms with Gasteiger partial charge in [0.05, 0.1) is 6.04 Å². The number of nitrogens with two attached hydrogens (primary N) is 1. The average molecular weight is 294 g/mol. The number of nitrogen functional groups attached to an aromatic ring is 1. The predicted molar refractivity (Wildman–Crippen MR) is 79.0 cm³/mol. The second-order valence-electron chi connectivity index (χ2n) is 4.49. The third kappa shape index (κ3) is 4.24. The number of anilines is 2. The molecule has 106 valence electrons. The number of halogens is 1. The van der Waals surface area contributed by atoms with Crippen LogP contribution in [0.4, 0.5) is 11.9 Å². The van der Waals surface area contributed by atoms with Gasteiger partial charge in [-0.25, -0.2) is 9.97 Å². The van der Waals surface area contributed by atoms with Crippen LogP contribution in [0, 0.1) is 6.92 Å². The molecule has 1 atom stereocenters. The van der Waals surface area contributed by atoms with Crippen LogP contribution in [-0.4, -0.2) is 27.6 Å². The zero-order valence-corrected chi connectivity index (χ0v) is 12.1. The maximum absolute atomic E-state index is 5.98. The number of aromatic nitrogens is 3. The van der Waals surface area contributed by atoms with Gasteiger partial charge in [-0.15, -0.1) is 0 Å². The molecule has 0 radical (unpaired) electrons. The number of rotatable bonds is 5. The van der Waals surface area contributed by atoms with E-state index in [9.17, 15) is 0 Å². The van der Waals surface area contributed by atoms with Crippen molar-refractivity contribution >= 4 is 23.5 Å². The normalized spacial score (nSPS) is 11.9. The van der Waals surface area contributed by atoms with Gasteiger partial charge in [-0.05, 0) is 37.6 Å². The molecule has 1 heterocycles. The second-order valence-corrected chi connectivity index (χ2v) is 4.92. The number of nitrogens with zero attached hydrogens (tertiary/aromatic N) is 3. The van der Waals surface area contributed by atoms with Gasteiger partial charge in [0.25, 0.3) is 0 Å². The maximum Gasteiger partial charge on any atom is 0.227 e. The molecule has 1 aromatic carbocycles. The predicted octanol–water partition coefficient (Wildman–Crippen LogP) is 2.30. The lowest BCUT2D eigenvalue weighted by Crippen LogP contribution is -2.25. The third-order valence-corrected chi connectivity index (χ3v) is 2.70. The van der Waals surface area contributed by atoms with Crippen LogP contribution in [0.3, 0.4) is 0 Å². The number of hydrogen-bond donors (Lipinski definition) is 2. The van der Waals surface area contributed by atoms with Crippen molar-refractivity contribution in [2.75, 3.05) is 17.7 Å². The summed E-state index contributed by atoms with van der Waals surface area (Å²) in [5.41, 5.74) is 6.54. The van der Waals surface area contributed by atoms with Crippen molar-refractivity contribution in [2.24, 2.45) is 0 Å². The molecule has 0 fully saturated rings. The summed E-state index contributed by atoms with van der Waals surface area (Å²) in [7, 11) is 0. The van der Waals surface area contributed by atoms with Gasteiger partial charge in [0.2, 0.25) is 11.9 Å². The van der Waals surface area contributed by atoms with Gasteiger partial charge in [-0.1, -0.05) is 11.6 Å². The van der Waals surface area contributed by atoms with Crippen LogP contribution in [0.2, 0.25) is 5.02 Å². The number of hydrogen-bond acceptors (Lipinski definition) is 6. The first kappa shape index (κ1) is 14.3. The number of nitrogens with one attached hydrogen (secondary N) is 1. The fourth-order valence-electron chi connectivity index (χ4n) is 1.65. The van der Waals surface area contributed by atoms with Crippen LogP contribution < -0.4 is 15.8 Å². The molecule has 2 aromatic rings. The Kier molecular flexibility index (Phi) is 4.57. The van der Waals surface area contributed by atoms with Gasteiger partial charge >= 0.3 is 0 Å². The summed E-state index contributed by atoms with van der Waals surface area (Å²) in [5.74, 6) is 1.34. The van der Waals surface area contributed by atoms with E-state index in [4.69, 9.17) is 22.1 Å². The lowest BCUT2D eigenvalue weighted by Gasteiger charge is -2.15. The standard InChI is InChI=1S/C13H16ClN5O/c1-8-3-10(14)5-11(4-8)20-6-9(2)18-13-17-7-16-12(15)19-13/h3-5,7,9H,6H2,1-2H3,(H3,15,16,17,18,19). The van der Waals surface area contributed by atoms with Gasteiger partial charge in [0.1, 0.15) is 18.7 Å². The van der Waals surface area contributed by atoms with Crippen LogP contribution in [0.5, 0.6) is 5.75 Å². The highest BCUT2D eigenvalue weighted by Crippen LogP contribution is 2.20. The first-order valence-electron chi connectivity index (χ1n) is 6.14. The van der Waals surface area contributed by atoms with Crippen molar-refractivity contribution in [1.29, 1.82) is 0 Å². The third-order valence-electron chi connectivity index (χ3n) is 2.48. The molecule has 0 aliphatic carbocycles. The first-order valence-corrected chi connectivity index (χ1v) is 6.52. The van der Waals surface area contributed by atoms with Crippen molar-refractivity contribution in [3.63, 3.8) is 0 Å². The van der Waals surface area contributed by atoms with Crippen molar-refractivity contribution in [3.8, 4) is 5.75 Å². The summed E-state index contributed by atoms with van der Waals surface area (Å²) in [6, 6.07) is 5.60. The minimum atomic E-state index is 0.0103. The molecule has 1 unspecified atom stereocenters. The van der Waals surface area contributed by atoms with Crippen LogP contribution in [0.25, 0.3) is 0 Å². The van der Waals surface area contributed by atoms with Crippen molar-refractivity contribution in [2.45, 2.75) is 19.9 Å². The molecule has 20 heavy (non-hydrogen) atoms. The Morgan fingerprint density at radius 3 is 2.85 bits per heavy atom. The number of aryl methyl sites for hydroxylation is 1. The van der Waals surface area contributed by atoms with Crippen molar-refractivity contribution < 1.29 is 4.74 Å². The van der Waals surface area contributed by atoms with E-state index in [1.54, 1.807) is 6.07 Å². The Bertz CT molecular complexity index is 572. The summed E-state index contributed by atoms with van der Waals surface area (Å²) in [5, 5.41) is 3.74. The zero-order chi connectivity index (χ0) is 14.5. The molecular weight excluding hydrogens is 278 g/mol. The maximum atomic E-state index is 5.98. The Labute approximate surface area is 122 Å². The molecule has 0 amide bonds. The molecule has 0 aliphatic rings. The topological polar surface area (TPSA) is 86.0 Å². The lowest BCUT2D eigenvalue weighted by molar-refractivity contribution is 0.303. The van der Waals surface area contributed by atoms with Crippen molar-refractivity contribution in [1.82, 2.24) is 15.0 Å². The van der Waals surface area contributed by atoms with Gasteiger partial charge < -0.3 is 15.8 Å². The fraction of sp³-hybridized carbons (Fsp3) is 0.308. The van der Waals surface area contributed by atoms with Gasteiger partial charge in [0.15, 0.2) is 0 Å². The summed E-state index contributed by atoms with van der Waals surface area (Å²) in [6.45, 7) is 4.37. The molecule has 7 heteroatoms. The van der Waals surface area contributed by atoms with E-state index in [0.29, 0.717) is 17.6 Å². The first-order chi connectivity index (χ1) is 9.52. The summed E-state index contributed by atoms with van der Waals surface area (Å²) in [4.78, 5) is 11.7. The van der Waals surface area contributed by atoms with E-state index >= 15 is 0 Å². The monoisotopic (exact) mass is 293 g/mol. The fourth-order valence-corrected chi connectivity index (χ4v) is 1.93. The van der Waals surface area contributed by atoms with E-state index in [1.165, 1.54) is 6.33 Å². The highest BCUT2D eigenvalue weighted by atomic mass is 35.5. The molecule has 1 aromatic heterocycles. The van der Waals surface area contributed by atoms with E-state index in [1.807, 2.05) is 26.0 Å². The summed E-state index contributed by atoms with van der Waals surface area (Å²) in [6.07, 6.45) is 1.36. The average Bonchev–Trinajstić information content (AvgIpc) is 2.35. The van der Waals surface area contributed by atoms with Crippen LogP contribution in [-0.2, 0) is 0 Å². The quantitative estimate of drug-likeness (QED) is 0.880. The highest BCUT2D eigenvalue weighted by Gasteiger charge is 2.06. The molecule has 0 aliphatic heterocycles. The van der Waals surface area contributed by atoms with Gasteiger partial charge in [-0.3, -0.25) is 0 Å². The smallest absolute Gasteiger partial charge is 0.227 e. The number of ether oxygens (including phenoxy) is 1. The summed E-state index contributed by atoms with van der Waals surface area (Å²) < 4.78 is 5.68. The zero-order valence-electron chi connectivity index (χ0n) is 11.3. The van der Waals surface area contributed by atoms with Crippen molar-refractivity contribution in [3.05, 3.63) is 35.1 Å². The summed E-state index contributed by atoms with van der Waals surface area (Å²) >= 11 is 5.98. The molecular formula is C13H16ClN5O. The van der Waals surface area contributed by atoms with E-state index in [-0.39, 0.29) is 12.0 Å². The molecule has 0 saturated carbocycles. The Balaban J connectivity index is 1.90. The minimum Gasteiger partial charge on any atom is -0.491 e. The Morgan fingerprint density at radius 2 is 2.15 bits per heavy atom. The van der Waals surface area contributed by atoms with E-state index < -0.39 is 0 Å². The SMILES string of the molecule is Cc1cc(Cl)cc(OCC(C)Nc2ncnc(N)n2)c1. The molecule has 2 rings (SSSR count). The second kappa shape index (κ2) is 6.38. The van der Waals surface area contributed by atoms with Crippen LogP contribution >= 0.6 is 11.6 Å². The van der Waals surface area contributed by atoms with E-state index in [2.05, 4.69) is 20.3 Å². The highest BCUT2D eigenvalue weighted by molar-refractivity contribution is 6.30. The lowest BCUT2D eigenvalue weighted by atomic mass is 10.2. The number of benzene rings is 1. The molecule has 6 nitrogen and oxygen atoms in total. The largest absolute Gasteiger partial charge is 0.491 e. The molecule has 0 saturated heterocycles. The van der Waals surface area contributed by atoms with E-state index in [0.717, 1.165) is 11.3 Å².